The van der Waals surface area contributed by atoms with E-state index in [9.17, 15) is 0 Å². The molecule has 0 unspecified atom stereocenters. The molecule has 0 N–H and O–H groups in total. The Morgan fingerprint density at radius 2 is 2.20 bits per heavy atom. The van der Waals surface area contributed by atoms with Crippen LogP contribution in [0.1, 0.15) is 0 Å². The quantitative estimate of drug-likeness (QED) is 0.738. The first kappa shape index (κ1) is 9.79. The lowest BCUT2D eigenvalue weighted by molar-refractivity contribution is 0.958. The number of hydrogen-bond acceptors (Lipinski definition) is 5. The summed E-state index contributed by atoms with van der Waals surface area (Å²) < 4.78 is 0. The van der Waals surface area contributed by atoms with Crippen molar-refractivity contribution < 1.29 is 0 Å². The predicted molar refractivity (Wildman–Crippen MR) is 61.3 cm³/mol. The summed E-state index contributed by atoms with van der Waals surface area (Å²) in [5.74, 6) is 0.646. The van der Waals surface area contributed by atoms with Crippen LogP contribution in [-0.4, -0.2) is 21.5 Å². The standard InChI is InChI=1S/C10H10N4S/c1-2-5-14(9-4-3-6-15-9)10-12-7-11-8-13-10/h2-4,6-8H,1,5H2. The summed E-state index contributed by atoms with van der Waals surface area (Å²) in [4.78, 5) is 14.0. The number of aromatic nitrogens is 3. The molecule has 0 aliphatic heterocycles. The van der Waals surface area contributed by atoms with Gasteiger partial charge in [-0.2, -0.15) is 0 Å². The van der Waals surface area contributed by atoms with Crippen molar-refractivity contribution in [3.8, 4) is 0 Å². The lowest BCUT2D eigenvalue weighted by atomic mass is 10.5. The normalized spacial score (nSPS) is 9.87. The second-order valence-electron chi connectivity index (χ2n) is 2.79. The van der Waals surface area contributed by atoms with Gasteiger partial charge in [-0.25, -0.2) is 15.0 Å². The van der Waals surface area contributed by atoms with Crippen molar-refractivity contribution in [1.29, 1.82) is 0 Å². The Labute approximate surface area is 92.0 Å². The topological polar surface area (TPSA) is 41.9 Å². The predicted octanol–water partition coefficient (Wildman–Crippen LogP) is 2.26. The summed E-state index contributed by atoms with van der Waals surface area (Å²) in [5.41, 5.74) is 0. The fourth-order valence-electron chi connectivity index (χ4n) is 1.20. The number of anilines is 2. The molecule has 2 rings (SSSR count). The van der Waals surface area contributed by atoms with Gasteiger partial charge in [0.1, 0.15) is 12.7 Å². The third-order valence-corrected chi connectivity index (χ3v) is 2.70. The molecule has 4 nitrogen and oxygen atoms in total. The minimum absolute atomic E-state index is 0.646. The molecule has 0 radical (unpaired) electrons. The Balaban J connectivity index is 2.32. The molecule has 0 saturated carbocycles. The van der Waals surface area contributed by atoms with Gasteiger partial charge < -0.3 is 0 Å². The molecule has 0 atom stereocenters. The maximum atomic E-state index is 4.12. The second-order valence-corrected chi connectivity index (χ2v) is 3.71. The summed E-state index contributed by atoms with van der Waals surface area (Å²) in [7, 11) is 0. The van der Waals surface area contributed by atoms with Gasteiger partial charge in [-0.3, -0.25) is 4.90 Å². The van der Waals surface area contributed by atoms with Crippen molar-refractivity contribution in [2.75, 3.05) is 11.4 Å². The highest BCUT2D eigenvalue weighted by atomic mass is 32.1. The van der Waals surface area contributed by atoms with E-state index in [0.29, 0.717) is 12.5 Å². The average Bonchev–Trinajstić information content (AvgIpc) is 2.80. The number of nitrogens with zero attached hydrogens (tertiary/aromatic N) is 4. The molecule has 0 aliphatic rings. The molecule has 0 amide bonds. The van der Waals surface area contributed by atoms with E-state index in [0.717, 1.165) is 5.00 Å². The molecule has 2 heterocycles. The Hall–Kier alpha value is -1.75. The molecule has 0 saturated heterocycles. The first-order chi connectivity index (χ1) is 7.42. The molecule has 76 valence electrons. The highest BCUT2D eigenvalue weighted by Crippen LogP contribution is 2.26. The lowest BCUT2D eigenvalue weighted by Crippen LogP contribution is -2.18. The van der Waals surface area contributed by atoms with Crippen molar-refractivity contribution in [3.63, 3.8) is 0 Å². The van der Waals surface area contributed by atoms with Gasteiger partial charge in [0.25, 0.3) is 0 Å². The minimum Gasteiger partial charge on any atom is -0.298 e. The molecule has 0 bridgehead atoms. The van der Waals surface area contributed by atoms with E-state index in [1.54, 1.807) is 11.3 Å². The van der Waals surface area contributed by atoms with Gasteiger partial charge in [0, 0.05) is 6.54 Å². The minimum atomic E-state index is 0.646. The summed E-state index contributed by atoms with van der Waals surface area (Å²) >= 11 is 1.64. The molecule has 0 fully saturated rings. The van der Waals surface area contributed by atoms with Crippen molar-refractivity contribution in [3.05, 3.63) is 42.8 Å². The SMILES string of the molecule is C=CCN(c1ncncn1)c1cccs1. The van der Waals surface area contributed by atoms with Gasteiger partial charge in [-0.1, -0.05) is 6.08 Å². The molecule has 2 aromatic rings. The molecular weight excluding hydrogens is 208 g/mol. The van der Waals surface area contributed by atoms with Gasteiger partial charge >= 0.3 is 0 Å². The highest BCUT2D eigenvalue weighted by Gasteiger charge is 2.10. The zero-order valence-corrected chi connectivity index (χ0v) is 8.89. The van der Waals surface area contributed by atoms with Crippen LogP contribution in [0.15, 0.2) is 42.8 Å². The van der Waals surface area contributed by atoms with Crippen LogP contribution in [0, 0.1) is 0 Å². The summed E-state index contributed by atoms with van der Waals surface area (Å²) in [5, 5.41) is 3.12. The monoisotopic (exact) mass is 218 g/mol. The first-order valence-electron chi connectivity index (χ1n) is 4.46. The molecular formula is C10H10N4S. The van der Waals surface area contributed by atoms with E-state index >= 15 is 0 Å². The van der Waals surface area contributed by atoms with Crippen LogP contribution in [0.3, 0.4) is 0 Å². The maximum Gasteiger partial charge on any atom is 0.233 e. The van der Waals surface area contributed by atoms with Crippen LogP contribution in [0.5, 0.6) is 0 Å². The van der Waals surface area contributed by atoms with E-state index in [-0.39, 0.29) is 0 Å². The summed E-state index contributed by atoms with van der Waals surface area (Å²) in [6.45, 7) is 4.41. The zero-order valence-electron chi connectivity index (χ0n) is 8.08. The van der Waals surface area contributed by atoms with Crippen LogP contribution in [0.2, 0.25) is 0 Å². The van der Waals surface area contributed by atoms with Gasteiger partial charge in [-0.15, -0.1) is 17.9 Å². The number of rotatable bonds is 4. The van der Waals surface area contributed by atoms with E-state index in [4.69, 9.17) is 0 Å². The van der Waals surface area contributed by atoms with Gasteiger partial charge in [0.15, 0.2) is 0 Å². The Bertz CT molecular complexity index is 412. The van der Waals surface area contributed by atoms with E-state index < -0.39 is 0 Å². The Morgan fingerprint density at radius 3 is 2.80 bits per heavy atom. The fraction of sp³-hybridized carbons (Fsp3) is 0.100. The van der Waals surface area contributed by atoms with E-state index in [1.165, 1.54) is 12.7 Å². The Morgan fingerprint density at radius 1 is 1.40 bits per heavy atom. The van der Waals surface area contributed by atoms with Gasteiger partial charge in [-0.05, 0) is 17.5 Å². The van der Waals surface area contributed by atoms with Crippen LogP contribution in [0.4, 0.5) is 10.9 Å². The fourth-order valence-corrected chi connectivity index (χ4v) is 1.93. The third-order valence-electron chi connectivity index (χ3n) is 1.81. The smallest absolute Gasteiger partial charge is 0.233 e. The van der Waals surface area contributed by atoms with Gasteiger partial charge in [0.05, 0.1) is 5.00 Å². The zero-order chi connectivity index (χ0) is 10.5. The van der Waals surface area contributed by atoms with Crippen LogP contribution in [-0.2, 0) is 0 Å². The molecule has 0 aliphatic carbocycles. The third kappa shape index (κ3) is 2.19. The van der Waals surface area contributed by atoms with Crippen LogP contribution >= 0.6 is 11.3 Å². The van der Waals surface area contributed by atoms with Crippen molar-refractivity contribution in [2.24, 2.45) is 0 Å². The lowest BCUT2D eigenvalue weighted by Gasteiger charge is -2.17. The molecule has 5 heteroatoms. The molecule has 15 heavy (non-hydrogen) atoms. The molecule has 0 aromatic carbocycles. The van der Waals surface area contributed by atoms with Gasteiger partial charge in [0.2, 0.25) is 5.95 Å². The highest BCUT2D eigenvalue weighted by molar-refractivity contribution is 7.14. The van der Waals surface area contributed by atoms with Crippen molar-refractivity contribution in [2.45, 2.75) is 0 Å². The second kappa shape index (κ2) is 4.65. The maximum absolute atomic E-state index is 4.12. The largest absolute Gasteiger partial charge is 0.298 e. The van der Waals surface area contributed by atoms with Crippen LogP contribution < -0.4 is 4.90 Å². The number of hydrogen-bond donors (Lipinski definition) is 0. The van der Waals surface area contributed by atoms with Crippen LogP contribution in [0.25, 0.3) is 0 Å². The Kier molecular flexibility index (Phi) is 3.04. The van der Waals surface area contributed by atoms with Crippen molar-refractivity contribution in [1.82, 2.24) is 15.0 Å². The average molecular weight is 218 g/mol. The first-order valence-corrected chi connectivity index (χ1v) is 5.33. The van der Waals surface area contributed by atoms with Crippen molar-refractivity contribution >= 4 is 22.3 Å². The molecule has 2 aromatic heterocycles. The summed E-state index contributed by atoms with van der Waals surface area (Å²) in [6, 6.07) is 4.02. The van der Waals surface area contributed by atoms with E-state index in [1.807, 2.05) is 28.5 Å². The van der Waals surface area contributed by atoms with E-state index in [2.05, 4.69) is 21.5 Å². The number of thiophene rings is 1. The molecule has 0 spiro atoms. The summed E-state index contributed by atoms with van der Waals surface area (Å²) in [6.07, 6.45) is 4.81.